The van der Waals surface area contributed by atoms with Gasteiger partial charge in [-0.1, -0.05) is 38.1 Å². The number of hydrogen-bond donors (Lipinski definition) is 2. The molecule has 1 aromatic heterocycles. The maximum Gasteiger partial charge on any atom is 0.195 e. The predicted molar refractivity (Wildman–Crippen MR) is 153 cm³/mol. The van der Waals surface area contributed by atoms with E-state index in [1.54, 1.807) is 6.92 Å². The van der Waals surface area contributed by atoms with Crippen molar-refractivity contribution in [1.29, 1.82) is 5.41 Å². The zero-order valence-electron chi connectivity index (χ0n) is 22.4. The highest BCUT2D eigenvalue weighted by molar-refractivity contribution is 6.20. The number of fused-ring (bicyclic) bond motifs is 4. The molecule has 6 rings (SSSR count). The molecule has 1 saturated carbocycles. The van der Waals surface area contributed by atoms with Crippen molar-refractivity contribution in [2.45, 2.75) is 64.3 Å². The van der Waals surface area contributed by atoms with Gasteiger partial charge in [-0.3, -0.25) is 9.69 Å². The second kappa shape index (κ2) is 8.98. The molecule has 0 spiro atoms. The van der Waals surface area contributed by atoms with Crippen LogP contribution in [0.4, 0.5) is 5.69 Å². The molecule has 5 heteroatoms. The van der Waals surface area contributed by atoms with E-state index in [0.717, 1.165) is 65.0 Å². The lowest BCUT2D eigenvalue weighted by Crippen LogP contribution is -2.50. The topological polar surface area (TPSA) is 63.2 Å². The monoisotopic (exact) mass is 494 g/mol. The number of nitrogens with zero attached hydrogens (tertiary/aromatic N) is 2. The van der Waals surface area contributed by atoms with Crippen LogP contribution in [0.1, 0.15) is 85.6 Å². The van der Waals surface area contributed by atoms with Crippen LogP contribution in [0.15, 0.2) is 48.6 Å². The standard InChI is InChI=1S/C32H38N4O/c1-20-6-5-7-23(10-8-20)35-14-16-36(17-15-35)24-11-13-25-27(19-24)32(3,4)31-29(30(25)37)26-12-9-22(21(2)33)18-28(26)34-31/h9,11-13,18-19,23,33-34H,1,5-8,10,14-17H2,2-4H3. The van der Waals surface area contributed by atoms with Gasteiger partial charge in [-0.15, -0.1) is 0 Å². The third-order valence-corrected chi connectivity index (χ3v) is 9.10. The molecule has 1 saturated heterocycles. The molecule has 0 amide bonds. The largest absolute Gasteiger partial charge is 0.369 e. The number of aromatic nitrogens is 1. The lowest BCUT2D eigenvalue weighted by atomic mass is 9.71. The molecule has 1 unspecified atom stereocenters. The summed E-state index contributed by atoms with van der Waals surface area (Å²) in [6.45, 7) is 14.7. The first-order chi connectivity index (χ1) is 17.7. The van der Waals surface area contributed by atoms with E-state index in [1.807, 2.05) is 18.2 Å². The number of nitrogens with one attached hydrogen (secondary N) is 2. The smallest absolute Gasteiger partial charge is 0.195 e. The summed E-state index contributed by atoms with van der Waals surface area (Å²) < 4.78 is 0. The fraction of sp³-hybridized carbons (Fsp3) is 0.438. The van der Waals surface area contributed by atoms with Gasteiger partial charge in [-0.2, -0.15) is 0 Å². The quantitative estimate of drug-likeness (QED) is 0.250. The number of rotatable bonds is 3. The van der Waals surface area contributed by atoms with Gasteiger partial charge in [0.1, 0.15) is 0 Å². The number of piperazine rings is 1. The molecule has 3 aliphatic rings. The van der Waals surface area contributed by atoms with Crippen LogP contribution in [0.25, 0.3) is 10.9 Å². The number of carbonyl (C=O) groups excluding carboxylic acids is 1. The van der Waals surface area contributed by atoms with Gasteiger partial charge >= 0.3 is 0 Å². The van der Waals surface area contributed by atoms with Crippen molar-refractivity contribution in [3.63, 3.8) is 0 Å². The van der Waals surface area contributed by atoms with Crippen LogP contribution < -0.4 is 4.90 Å². The van der Waals surface area contributed by atoms with Crippen LogP contribution in [0, 0.1) is 5.41 Å². The van der Waals surface area contributed by atoms with Crippen LogP contribution in [0.2, 0.25) is 0 Å². The molecule has 2 heterocycles. The molecule has 0 bridgehead atoms. The summed E-state index contributed by atoms with van der Waals surface area (Å²) in [6, 6.07) is 13.1. The van der Waals surface area contributed by atoms with Crippen molar-refractivity contribution >= 4 is 28.1 Å². The minimum Gasteiger partial charge on any atom is -0.369 e. The Morgan fingerprint density at radius 1 is 1.05 bits per heavy atom. The molecule has 2 N–H and O–H groups in total. The number of hydrogen-bond acceptors (Lipinski definition) is 4. The summed E-state index contributed by atoms with van der Waals surface area (Å²) in [7, 11) is 0. The van der Waals surface area contributed by atoms with Gasteiger partial charge in [0, 0.05) is 71.2 Å². The van der Waals surface area contributed by atoms with Crippen LogP contribution in [-0.4, -0.2) is 53.6 Å². The summed E-state index contributed by atoms with van der Waals surface area (Å²) in [4.78, 5) is 22.5. The van der Waals surface area contributed by atoms with Gasteiger partial charge in [0.15, 0.2) is 5.78 Å². The molecule has 5 nitrogen and oxygen atoms in total. The number of allylic oxidation sites excluding steroid dienone is 1. The summed E-state index contributed by atoms with van der Waals surface area (Å²) in [6.07, 6.45) is 6.19. The van der Waals surface area contributed by atoms with Crippen molar-refractivity contribution in [2.24, 2.45) is 0 Å². The Labute approximate surface area is 220 Å². The number of anilines is 1. The third-order valence-electron chi connectivity index (χ3n) is 9.10. The Kier molecular flexibility index (Phi) is 5.87. The first kappa shape index (κ1) is 24.2. The molecule has 192 valence electrons. The third kappa shape index (κ3) is 4.04. The normalized spacial score (nSPS) is 22.0. The van der Waals surface area contributed by atoms with Crippen molar-refractivity contribution in [2.75, 3.05) is 31.1 Å². The summed E-state index contributed by atoms with van der Waals surface area (Å²) in [5.41, 5.74) is 8.34. The van der Waals surface area contributed by atoms with E-state index < -0.39 is 0 Å². The molecule has 1 aliphatic heterocycles. The van der Waals surface area contributed by atoms with Gasteiger partial charge < -0.3 is 15.3 Å². The summed E-state index contributed by atoms with van der Waals surface area (Å²) in [5.74, 6) is 0.0984. The van der Waals surface area contributed by atoms with Crippen molar-refractivity contribution < 1.29 is 4.79 Å². The van der Waals surface area contributed by atoms with Gasteiger partial charge in [0.2, 0.25) is 0 Å². The predicted octanol–water partition coefficient (Wildman–Crippen LogP) is 6.44. The number of aromatic amines is 1. The van der Waals surface area contributed by atoms with Crippen LogP contribution >= 0.6 is 0 Å². The Balaban J connectivity index is 1.27. The van der Waals surface area contributed by atoms with Crippen LogP contribution in [-0.2, 0) is 5.41 Å². The van der Waals surface area contributed by atoms with Gasteiger partial charge in [0.05, 0.1) is 5.56 Å². The van der Waals surface area contributed by atoms with E-state index in [1.165, 1.54) is 43.4 Å². The van der Waals surface area contributed by atoms with Crippen LogP contribution in [0.3, 0.4) is 0 Å². The van der Waals surface area contributed by atoms with E-state index in [9.17, 15) is 4.79 Å². The number of ketones is 1. The zero-order valence-corrected chi connectivity index (χ0v) is 22.4. The lowest BCUT2D eigenvalue weighted by molar-refractivity contribution is 0.103. The molecule has 2 aliphatic carbocycles. The zero-order chi connectivity index (χ0) is 25.9. The number of benzene rings is 2. The Hall–Kier alpha value is -3.18. The highest BCUT2D eigenvalue weighted by Crippen LogP contribution is 2.45. The highest BCUT2D eigenvalue weighted by atomic mass is 16.1. The van der Waals surface area contributed by atoms with Gasteiger partial charge in [-0.25, -0.2) is 0 Å². The molecule has 37 heavy (non-hydrogen) atoms. The van der Waals surface area contributed by atoms with Crippen molar-refractivity contribution in [3.8, 4) is 0 Å². The van der Waals surface area contributed by atoms with E-state index in [4.69, 9.17) is 5.41 Å². The van der Waals surface area contributed by atoms with E-state index >= 15 is 0 Å². The average molecular weight is 495 g/mol. The second-order valence-electron chi connectivity index (χ2n) is 11.8. The Morgan fingerprint density at radius 3 is 2.59 bits per heavy atom. The molecule has 2 fully saturated rings. The van der Waals surface area contributed by atoms with Crippen molar-refractivity contribution in [3.05, 3.63) is 76.5 Å². The number of H-pyrrole nitrogens is 1. The van der Waals surface area contributed by atoms with Crippen LogP contribution in [0.5, 0.6) is 0 Å². The maximum absolute atomic E-state index is 13.8. The van der Waals surface area contributed by atoms with E-state index in [2.05, 4.69) is 53.4 Å². The lowest BCUT2D eigenvalue weighted by Gasteiger charge is -2.41. The molecule has 2 aromatic carbocycles. The van der Waals surface area contributed by atoms with E-state index in [-0.39, 0.29) is 11.2 Å². The molecular weight excluding hydrogens is 456 g/mol. The van der Waals surface area contributed by atoms with Gasteiger partial charge in [-0.05, 0) is 74.4 Å². The SMILES string of the molecule is C=C1CCCC(N2CCN(c3ccc4c(c3)C(C)(C)c3[nH]c5cc(C(C)=N)ccc5c3C4=O)CC2)CC1. The minimum atomic E-state index is -0.321. The first-order valence-electron chi connectivity index (χ1n) is 13.8. The van der Waals surface area contributed by atoms with E-state index in [0.29, 0.717) is 11.8 Å². The van der Waals surface area contributed by atoms with Crippen molar-refractivity contribution in [1.82, 2.24) is 9.88 Å². The number of carbonyl (C=O) groups is 1. The maximum atomic E-state index is 13.8. The molecular formula is C32H38N4O. The summed E-state index contributed by atoms with van der Waals surface area (Å²) >= 11 is 0. The Morgan fingerprint density at radius 2 is 1.84 bits per heavy atom. The average Bonchev–Trinajstić information content (AvgIpc) is 3.16. The molecule has 0 radical (unpaired) electrons. The molecule has 1 atom stereocenters. The minimum absolute atomic E-state index is 0.0984. The first-order valence-corrected chi connectivity index (χ1v) is 13.8. The summed E-state index contributed by atoms with van der Waals surface area (Å²) in [5, 5.41) is 8.96. The second-order valence-corrected chi connectivity index (χ2v) is 11.8. The molecule has 3 aromatic rings. The Bertz CT molecular complexity index is 1420. The highest BCUT2D eigenvalue weighted by Gasteiger charge is 2.40. The fourth-order valence-electron chi connectivity index (χ4n) is 6.79. The van der Waals surface area contributed by atoms with Gasteiger partial charge in [0.25, 0.3) is 0 Å². The fourth-order valence-corrected chi connectivity index (χ4v) is 6.79.